The van der Waals surface area contributed by atoms with E-state index >= 15 is 0 Å². The lowest BCUT2D eigenvalue weighted by Crippen LogP contribution is -2.58. The van der Waals surface area contributed by atoms with Crippen LogP contribution in [0.2, 0.25) is 0 Å². The van der Waals surface area contributed by atoms with Crippen LogP contribution >= 0.6 is 0 Å². The number of nitrogens with two attached hydrogens (primary N) is 1. The molecule has 0 spiro atoms. The molecule has 11 heteroatoms. The van der Waals surface area contributed by atoms with Crippen molar-refractivity contribution in [3.05, 3.63) is 35.4 Å². The molecule has 0 radical (unpaired) electrons. The summed E-state index contributed by atoms with van der Waals surface area (Å²) in [6.07, 6.45) is -0.799. The van der Waals surface area contributed by atoms with Crippen LogP contribution in [0.3, 0.4) is 0 Å². The number of nitrogens with one attached hydrogen (secondary N) is 3. The molecular weight excluding hydrogens is 390 g/mol. The second kappa shape index (κ2) is 11.8. The molecule has 0 heterocycles. The quantitative estimate of drug-likeness (QED) is 0.325. The Bertz CT molecular complexity index is 719. The molecule has 29 heavy (non-hydrogen) atoms. The van der Waals surface area contributed by atoms with Crippen LogP contribution in [0.25, 0.3) is 0 Å². The Morgan fingerprint density at radius 3 is 2.34 bits per heavy atom. The molecule has 1 atom stereocenters. The van der Waals surface area contributed by atoms with Gasteiger partial charge in [-0.05, 0) is 31.4 Å². The summed E-state index contributed by atoms with van der Waals surface area (Å²) in [6, 6.07) is 2.89. The van der Waals surface area contributed by atoms with Gasteiger partial charge in [0.15, 0.2) is 11.6 Å². The van der Waals surface area contributed by atoms with Crippen molar-refractivity contribution in [3.8, 4) is 0 Å². The largest absolute Gasteiger partial charge is 0.465 e. The predicted octanol–water partition coefficient (Wildman–Crippen LogP) is 1.11. The van der Waals surface area contributed by atoms with E-state index in [2.05, 4.69) is 16.0 Å². The molecule has 4 amide bonds. The van der Waals surface area contributed by atoms with Crippen LogP contribution in [0, 0.1) is 11.6 Å². The first-order valence-electron chi connectivity index (χ1n) is 8.99. The number of carboxylic acid groups (broad SMARTS) is 1. The number of ether oxygens (including phenoxy) is 1. The van der Waals surface area contributed by atoms with Gasteiger partial charge in [-0.1, -0.05) is 12.1 Å². The summed E-state index contributed by atoms with van der Waals surface area (Å²) in [5.74, 6) is -2.88. The number of carbonyl (C=O) groups is 3. The minimum atomic E-state index is -1.69. The van der Waals surface area contributed by atoms with Crippen molar-refractivity contribution in [1.29, 1.82) is 0 Å². The van der Waals surface area contributed by atoms with Gasteiger partial charge in [0, 0.05) is 32.7 Å². The zero-order valence-corrected chi connectivity index (χ0v) is 16.1. The van der Waals surface area contributed by atoms with Crippen molar-refractivity contribution in [2.45, 2.75) is 31.7 Å². The number of amides is 4. The maximum Gasteiger partial charge on any atom is 0.405 e. The molecule has 9 nitrogen and oxygen atoms in total. The van der Waals surface area contributed by atoms with E-state index in [9.17, 15) is 23.2 Å². The van der Waals surface area contributed by atoms with Gasteiger partial charge in [-0.25, -0.2) is 18.4 Å². The molecule has 162 valence electrons. The van der Waals surface area contributed by atoms with Crippen molar-refractivity contribution in [2.75, 3.05) is 26.3 Å². The summed E-state index contributed by atoms with van der Waals surface area (Å²) >= 11 is 0. The zero-order valence-electron chi connectivity index (χ0n) is 16.1. The molecule has 0 aliphatic rings. The number of primary amides is 1. The van der Waals surface area contributed by atoms with Gasteiger partial charge < -0.3 is 31.5 Å². The lowest BCUT2D eigenvalue weighted by molar-refractivity contribution is -0.126. The first-order valence-corrected chi connectivity index (χ1v) is 8.99. The second-order valence-electron chi connectivity index (χ2n) is 6.52. The van der Waals surface area contributed by atoms with Gasteiger partial charge in [-0.15, -0.1) is 0 Å². The summed E-state index contributed by atoms with van der Waals surface area (Å²) in [5.41, 5.74) is 3.10. The third kappa shape index (κ3) is 8.73. The van der Waals surface area contributed by atoms with E-state index in [-0.39, 0.29) is 18.5 Å². The number of urea groups is 1. The fourth-order valence-electron chi connectivity index (χ4n) is 2.54. The minimum Gasteiger partial charge on any atom is -0.465 e. The fourth-order valence-corrected chi connectivity index (χ4v) is 2.54. The summed E-state index contributed by atoms with van der Waals surface area (Å²) in [7, 11) is 0. The highest BCUT2D eigenvalue weighted by Crippen LogP contribution is 2.19. The average Bonchev–Trinajstić information content (AvgIpc) is 2.63. The predicted molar refractivity (Wildman–Crippen MR) is 100 cm³/mol. The maximum absolute atomic E-state index is 13.9. The standard InChI is InChI=1S/C18H26F2N4O5/c1-18(24-17(27)28,11-12-5-2-6-13(19)14(12)20)15(25)22-7-3-9-29-10-4-8-23-16(21)26/h2,5-6,24H,3-4,7-11H2,1H3,(H,22,25)(H,27,28)(H3,21,23,26). The third-order valence-corrected chi connectivity index (χ3v) is 3.98. The summed E-state index contributed by atoms with van der Waals surface area (Å²) < 4.78 is 32.7. The smallest absolute Gasteiger partial charge is 0.405 e. The number of benzene rings is 1. The second-order valence-corrected chi connectivity index (χ2v) is 6.52. The molecule has 6 N–H and O–H groups in total. The summed E-state index contributed by atoms with van der Waals surface area (Å²) in [5, 5.41) is 16.1. The first-order chi connectivity index (χ1) is 13.7. The minimum absolute atomic E-state index is 0.121. The molecule has 0 fully saturated rings. The summed E-state index contributed by atoms with van der Waals surface area (Å²) in [4.78, 5) is 34.1. The van der Waals surface area contributed by atoms with Crippen LogP contribution in [0.1, 0.15) is 25.3 Å². The number of hydrogen-bond donors (Lipinski definition) is 5. The molecule has 1 aromatic carbocycles. The lowest BCUT2D eigenvalue weighted by Gasteiger charge is -2.28. The lowest BCUT2D eigenvalue weighted by atomic mass is 9.91. The molecule has 1 unspecified atom stereocenters. The van der Waals surface area contributed by atoms with Gasteiger partial charge in [0.25, 0.3) is 0 Å². The van der Waals surface area contributed by atoms with Crippen molar-refractivity contribution in [2.24, 2.45) is 5.73 Å². The number of halogens is 2. The zero-order chi connectivity index (χ0) is 21.9. The average molecular weight is 416 g/mol. The molecule has 0 saturated heterocycles. The van der Waals surface area contributed by atoms with Crippen molar-refractivity contribution in [1.82, 2.24) is 16.0 Å². The molecule has 1 rings (SSSR count). The van der Waals surface area contributed by atoms with Crippen LogP contribution in [0.5, 0.6) is 0 Å². The van der Waals surface area contributed by atoms with Crippen molar-refractivity contribution in [3.63, 3.8) is 0 Å². The number of carbonyl (C=O) groups excluding carboxylic acids is 2. The van der Waals surface area contributed by atoms with Crippen molar-refractivity contribution < 1.29 is 33.0 Å². The highest BCUT2D eigenvalue weighted by Gasteiger charge is 2.36. The van der Waals surface area contributed by atoms with Gasteiger partial charge in [-0.2, -0.15) is 0 Å². The third-order valence-electron chi connectivity index (χ3n) is 3.98. The van der Waals surface area contributed by atoms with E-state index in [4.69, 9.17) is 15.6 Å². The van der Waals surface area contributed by atoms with Gasteiger partial charge in [0.05, 0.1) is 0 Å². The highest BCUT2D eigenvalue weighted by atomic mass is 19.2. The van der Waals surface area contributed by atoms with Crippen molar-refractivity contribution >= 4 is 18.0 Å². The molecule has 0 aromatic heterocycles. The Labute approximate surface area is 167 Å². The highest BCUT2D eigenvalue weighted by molar-refractivity contribution is 5.89. The first kappa shape index (κ1) is 24.1. The Balaban J connectivity index is 2.49. The van der Waals surface area contributed by atoms with Gasteiger partial charge in [0.1, 0.15) is 5.54 Å². The van der Waals surface area contributed by atoms with E-state index in [1.807, 2.05) is 0 Å². The molecule has 1 aromatic rings. The molecule has 0 saturated carbocycles. The summed E-state index contributed by atoms with van der Waals surface area (Å²) in [6.45, 7) is 2.61. The number of hydrogen-bond acceptors (Lipinski definition) is 4. The van der Waals surface area contributed by atoms with E-state index in [1.54, 1.807) is 0 Å². The van der Waals surface area contributed by atoms with E-state index in [0.29, 0.717) is 32.6 Å². The molecular formula is C18H26F2N4O5. The van der Waals surface area contributed by atoms with E-state index in [0.717, 1.165) is 6.07 Å². The maximum atomic E-state index is 13.9. The molecule has 0 aliphatic heterocycles. The Hall–Kier alpha value is -2.95. The van der Waals surface area contributed by atoms with Gasteiger partial charge >= 0.3 is 12.1 Å². The van der Waals surface area contributed by atoms with Gasteiger partial charge in [0.2, 0.25) is 5.91 Å². The Morgan fingerprint density at radius 2 is 1.76 bits per heavy atom. The molecule has 0 bridgehead atoms. The molecule has 0 aliphatic carbocycles. The van der Waals surface area contributed by atoms with E-state index in [1.165, 1.54) is 19.1 Å². The van der Waals surface area contributed by atoms with Crippen LogP contribution in [0.4, 0.5) is 18.4 Å². The van der Waals surface area contributed by atoms with Gasteiger partial charge in [-0.3, -0.25) is 4.79 Å². The van der Waals surface area contributed by atoms with Crippen LogP contribution in [-0.4, -0.2) is 55.0 Å². The number of rotatable bonds is 12. The topological polar surface area (TPSA) is 143 Å². The Morgan fingerprint density at radius 1 is 1.14 bits per heavy atom. The SMILES string of the molecule is CC(Cc1cccc(F)c1F)(NC(=O)O)C(=O)NCCCOCCCNC(N)=O. The Kier molecular flexibility index (Phi) is 9.80. The van der Waals surface area contributed by atoms with Crippen LogP contribution in [-0.2, 0) is 16.0 Å². The monoisotopic (exact) mass is 416 g/mol. The van der Waals surface area contributed by atoms with Crippen LogP contribution < -0.4 is 21.7 Å². The fraction of sp³-hybridized carbons (Fsp3) is 0.500. The van der Waals surface area contributed by atoms with Crippen LogP contribution in [0.15, 0.2) is 18.2 Å². The normalized spacial score (nSPS) is 12.7. The van der Waals surface area contributed by atoms with E-state index < -0.39 is 35.2 Å².